The number of ketones is 1. The van der Waals surface area contributed by atoms with Crippen molar-refractivity contribution in [2.24, 2.45) is 5.92 Å². The van der Waals surface area contributed by atoms with Crippen LogP contribution in [0, 0.1) is 5.92 Å². The third kappa shape index (κ3) is 5.87. The van der Waals surface area contributed by atoms with E-state index < -0.39 is 12.0 Å². The van der Waals surface area contributed by atoms with Crippen LogP contribution in [0.15, 0.2) is 30.5 Å². The number of unbranched alkanes of at least 4 members (excludes halogenated alkanes) is 1. The molecule has 0 aliphatic carbocycles. The molecule has 0 amide bonds. The molecule has 176 valence electrons. The van der Waals surface area contributed by atoms with Crippen molar-refractivity contribution in [1.82, 2.24) is 14.9 Å². The number of carbonyl (C=O) groups excluding carboxylic acids is 1. The Bertz CT molecular complexity index is 971. The summed E-state index contributed by atoms with van der Waals surface area (Å²) in [5.41, 5.74) is 8.62. The van der Waals surface area contributed by atoms with Gasteiger partial charge in [0.15, 0.2) is 0 Å². The average Bonchev–Trinajstić information content (AvgIpc) is 2.83. The number of aromatic nitrogens is 2. The zero-order chi connectivity index (χ0) is 23.2. The van der Waals surface area contributed by atoms with Crippen LogP contribution < -0.4 is 11.1 Å². The molecule has 0 bridgehead atoms. The molecule has 8 heteroatoms. The lowest BCUT2D eigenvalue weighted by molar-refractivity contribution is -0.144. The molecule has 33 heavy (non-hydrogen) atoms. The van der Waals surface area contributed by atoms with Crippen molar-refractivity contribution in [3.05, 3.63) is 47.3 Å². The lowest BCUT2D eigenvalue weighted by atomic mass is 9.88. The lowest BCUT2D eigenvalue weighted by Gasteiger charge is -2.35. The first-order valence-corrected chi connectivity index (χ1v) is 11.9. The molecule has 0 aromatic carbocycles. The van der Waals surface area contributed by atoms with Crippen molar-refractivity contribution in [3.63, 3.8) is 0 Å². The molecule has 4 heterocycles. The van der Waals surface area contributed by atoms with Gasteiger partial charge in [-0.3, -0.25) is 14.5 Å². The number of nitrogens with zero attached hydrogens (tertiary/aromatic N) is 3. The molecule has 0 spiro atoms. The number of fused-ring (bicyclic) bond motifs is 1. The van der Waals surface area contributed by atoms with Crippen LogP contribution in [0.25, 0.3) is 0 Å². The second-order valence-corrected chi connectivity index (χ2v) is 9.08. The summed E-state index contributed by atoms with van der Waals surface area (Å²) in [5.74, 6) is 0.807. The van der Waals surface area contributed by atoms with Crippen LogP contribution in [0.3, 0.4) is 0 Å². The highest BCUT2D eigenvalue weighted by atomic mass is 16.4. The first-order valence-electron chi connectivity index (χ1n) is 11.9. The van der Waals surface area contributed by atoms with Crippen molar-refractivity contribution in [2.75, 3.05) is 30.7 Å². The molecular formula is C25H33N5O3. The van der Waals surface area contributed by atoms with E-state index in [2.05, 4.69) is 22.4 Å². The normalized spacial score (nSPS) is 17.7. The number of hydrogen-bond acceptors (Lipinski definition) is 7. The first-order chi connectivity index (χ1) is 16.0. The number of carbonyl (C=O) groups is 2. The Morgan fingerprint density at radius 2 is 2.00 bits per heavy atom. The summed E-state index contributed by atoms with van der Waals surface area (Å²) in [6, 6.07) is 6.86. The molecule has 0 saturated carbocycles. The second-order valence-electron chi connectivity index (χ2n) is 9.08. The fraction of sp³-hybridized carbons (Fsp3) is 0.520. The van der Waals surface area contributed by atoms with Gasteiger partial charge in [0.1, 0.15) is 23.5 Å². The van der Waals surface area contributed by atoms with Gasteiger partial charge in [-0.05, 0) is 81.3 Å². The molecule has 4 N–H and O–H groups in total. The van der Waals surface area contributed by atoms with E-state index in [0.717, 1.165) is 50.2 Å². The maximum absolute atomic E-state index is 12.7. The van der Waals surface area contributed by atoms with Crippen molar-refractivity contribution < 1.29 is 14.7 Å². The predicted octanol–water partition coefficient (Wildman–Crippen LogP) is 3.24. The topological polar surface area (TPSA) is 121 Å². The molecule has 1 fully saturated rings. The summed E-state index contributed by atoms with van der Waals surface area (Å²) in [7, 11) is 0. The van der Waals surface area contributed by atoms with Gasteiger partial charge >= 0.3 is 5.97 Å². The zero-order valence-corrected chi connectivity index (χ0v) is 19.0. The Balaban J connectivity index is 1.21. The van der Waals surface area contributed by atoms with Crippen molar-refractivity contribution in [3.8, 4) is 0 Å². The van der Waals surface area contributed by atoms with Gasteiger partial charge in [0.25, 0.3) is 0 Å². The minimum Gasteiger partial charge on any atom is -0.480 e. The maximum Gasteiger partial charge on any atom is 0.325 e. The van der Waals surface area contributed by atoms with Crippen molar-refractivity contribution in [1.29, 1.82) is 0 Å². The summed E-state index contributed by atoms with van der Waals surface area (Å²) in [4.78, 5) is 35.3. The summed E-state index contributed by atoms with van der Waals surface area (Å²) in [6.45, 7) is 2.16. The number of pyridine rings is 2. The van der Waals surface area contributed by atoms with Gasteiger partial charge in [0.2, 0.25) is 0 Å². The first kappa shape index (κ1) is 23.2. The van der Waals surface area contributed by atoms with Gasteiger partial charge in [-0.15, -0.1) is 0 Å². The van der Waals surface area contributed by atoms with E-state index in [0.29, 0.717) is 49.5 Å². The Morgan fingerprint density at radius 3 is 2.73 bits per heavy atom. The number of aliphatic carboxylic acids is 1. The number of rotatable bonds is 9. The number of carboxylic acids is 1. The average molecular weight is 452 g/mol. The molecule has 2 aromatic rings. The van der Waals surface area contributed by atoms with E-state index in [4.69, 9.17) is 10.7 Å². The molecule has 1 atom stereocenters. The highest BCUT2D eigenvalue weighted by Gasteiger charge is 2.33. The zero-order valence-electron chi connectivity index (χ0n) is 19.0. The highest BCUT2D eigenvalue weighted by Crippen LogP contribution is 2.28. The van der Waals surface area contributed by atoms with Crippen LogP contribution in [0.4, 0.5) is 11.6 Å². The third-order valence-electron chi connectivity index (χ3n) is 6.77. The predicted molar refractivity (Wildman–Crippen MR) is 127 cm³/mol. The molecule has 0 radical (unpaired) electrons. The number of nitrogens with one attached hydrogen (secondary N) is 1. The van der Waals surface area contributed by atoms with E-state index in [9.17, 15) is 14.7 Å². The number of carboxylic acid groups (broad SMARTS) is 1. The SMILES string of the molecule is Nc1ccc(C(C(=O)O)N2CCC(C(=O)CCCCc3ccc4c(n3)NCCC4)CC2)cn1. The van der Waals surface area contributed by atoms with Gasteiger partial charge in [0, 0.05) is 30.8 Å². The number of nitrogen functional groups attached to an aromatic ring is 1. The molecule has 2 aliphatic rings. The van der Waals surface area contributed by atoms with Crippen LogP contribution in [0.2, 0.25) is 0 Å². The summed E-state index contributed by atoms with van der Waals surface area (Å²) >= 11 is 0. The number of anilines is 2. The fourth-order valence-corrected chi connectivity index (χ4v) is 4.89. The number of likely N-dealkylation sites (tertiary alicyclic amines) is 1. The number of piperidine rings is 1. The van der Waals surface area contributed by atoms with Crippen LogP contribution in [0.1, 0.15) is 61.4 Å². The Kier molecular flexibility index (Phi) is 7.54. The summed E-state index contributed by atoms with van der Waals surface area (Å²) in [6.07, 6.45) is 8.44. The third-order valence-corrected chi connectivity index (χ3v) is 6.77. The Labute approximate surface area is 194 Å². The van der Waals surface area contributed by atoms with Gasteiger partial charge in [0.05, 0.1) is 0 Å². The van der Waals surface area contributed by atoms with Crippen molar-refractivity contribution >= 4 is 23.4 Å². The van der Waals surface area contributed by atoms with Gasteiger partial charge in [-0.1, -0.05) is 12.1 Å². The monoisotopic (exact) mass is 451 g/mol. The summed E-state index contributed by atoms with van der Waals surface area (Å²) < 4.78 is 0. The van der Waals surface area contributed by atoms with E-state index >= 15 is 0 Å². The number of nitrogens with two attached hydrogens (primary N) is 1. The van der Waals surface area contributed by atoms with Gasteiger partial charge < -0.3 is 16.2 Å². The molecule has 8 nitrogen and oxygen atoms in total. The van der Waals surface area contributed by atoms with Crippen LogP contribution in [-0.2, 0) is 22.4 Å². The number of aryl methyl sites for hydroxylation is 2. The standard InChI is InChI=1S/C25H33N5O3/c26-22-10-8-19(16-28-22)23(25(32)33)30-14-11-17(12-15-30)21(31)6-2-1-5-20-9-7-18-4-3-13-27-24(18)29-20/h7-10,16-17,23H,1-6,11-15H2,(H2,26,28)(H,27,29)(H,32,33). The minimum atomic E-state index is -0.905. The largest absolute Gasteiger partial charge is 0.480 e. The molecular weight excluding hydrogens is 418 g/mol. The van der Waals surface area contributed by atoms with Crippen LogP contribution in [0.5, 0.6) is 0 Å². The maximum atomic E-state index is 12.7. The minimum absolute atomic E-state index is 0.0197. The highest BCUT2D eigenvalue weighted by molar-refractivity contribution is 5.81. The van der Waals surface area contributed by atoms with Gasteiger partial charge in [-0.2, -0.15) is 0 Å². The molecule has 2 aromatic heterocycles. The number of Topliss-reactive ketones (excluding diaryl/α,β-unsaturated/α-hetero) is 1. The van der Waals surface area contributed by atoms with E-state index in [-0.39, 0.29) is 5.92 Å². The van der Waals surface area contributed by atoms with Crippen molar-refractivity contribution in [2.45, 2.75) is 57.4 Å². The molecule has 4 rings (SSSR count). The molecule has 2 aliphatic heterocycles. The van der Waals surface area contributed by atoms with Crippen LogP contribution >= 0.6 is 0 Å². The summed E-state index contributed by atoms with van der Waals surface area (Å²) in [5, 5.41) is 13.1. The van der Waals surface area contributed by atoms with Crippen LogP contribution in [-0.4, -0.2) is 51.4 Å². The second kappa shape index (κ2) is 10.7. The van der Waals surface area contributed by atoms with E-state index in [1.807, 2.05) is 4.90 Å². The molecule has 1 saturated heterocycles. The van der Waals surface area contributed by atoms with E-state index in [1.165, 1.54) is 11.8 Å². The van der Waals surface area contributed by atoms with E-state index in [1.54, 1.807) is 12.1 Å². The Hall–Kier alpha value is -3.00. The number of hydrogen-bond donors (Lipinski definition) is 3. The molecule has 1 unspecified atom stereocenters. The Morgan fingerprint density at radius 1 is 1.18 bits per heavy atom. The van der Waals surface area contributed by atoms with Gasteiger partial charge in [-0.25, -0.2) is 9.97 Å². The quantitative estimate of drug-likeness (QED) is 0.497. The lowest BCUT2D eigenvalue weighted by Crippen LogP contribution is -2.41. The smallest absolute Gasteiger partial charge is 0.325 e. The fourth-order valence-electron chi connectivity index (χ4n) is 4.89.